The van der Waals surface area contributed by atoms with Crippen LogP contribution in [0.15, 0.2) is 0 Å². The lowest BCUT2D eigenvalue weighted by atomic mass is 9.84. The molecule has 10 N–H and O–H groups in total. The van der Waals surface area contributed by atoms with Crippen molar-refractivity contribution in [3.63, 3.8) is 0 Å². The molecular formula is C94H177O25P. The van der Waals surface area contributed by atoms with Crippen LogP contribution in [0.1, 0.15) is 433 Å². The summed E-state index contributed by atoms with van der Waals surface area (Å²) in [6.07, 6.45) is 26.6. The van der Waals surface area contributed by atoms with E-state index in [0.717, 1.165) is 128 Å². The summed E-state index contributed by atoms with van der Waals surface area (Å²) in [5, 5.41) is 103. The summed E-state index contributed by atoms with van der Waals surface area (Å²) in [5.41, 5.74) is 0. The van der Waals surface area contributed by atoms with Crippen LogP contribution in [-0.4, -0.2) is 205 Å². The zero-order valence-corrected chi connectivity index (χ0v) is 76.9. The number of ether oxygens (including phenoxy) is 8. The molecule has 20 atom stereocenters. The molecule has 0 aromatic heterocycles. The molecule has 0 amide bonds. The number of aliphatic hydroxyl groups excluding tert-OH is 9. The normalized spacial score (nSPS) is 25.2. The van der Waals surface area contributed by atoms with Gasteiger partial charge in [-0.25, -0.2) is 4.57 Å². The third-order valence-corrected chi connectivity index (χ3v) is 25.6. The summed E-state index contributed by atoms with van der Waals surface area (Å²) >= 11 is 0. The Morgan fingerprint density at radius 1 is 0.325 bits per heavy atom. The highest BCUT2D eigenvalue weighted by Crippen LogP contribution is 2.49. The van der Waals surface area contributed by atoms with Crippen molar-refractivity contribution >= 4 is 31.7 Å². The number of rotatable bonds is 79. The van der Waals surface area contributed by atoms with E-state index in [0.29, 0.717) is 43.9 Å². The summed E-state index contributed by atoms with van der Waals surface area (Å²) in [6, 6.07) is 0. The van der Waals surface area contributed by atoms with Gasteiger partial charge in [-0.3, -0.25) is 28.2 Å². The molecule has 2 aliphatic heterocycles. The standard InChI is InChI=1S/C94H177O25P/c1-7-11-15-19-23-25-27-29-30-31-33-35-37-39-50-58-66-79(98)113-74(69-110-77(96)64-56-48-38-36-34-32-28-26-24-20-16-12-8-2)70-112-120(108,109)119-92-90(117-93-87(106)83(102)81(100)75(68-95)114-93)86(105)85(104)89(116-80(99)67-59-51-43-41-47-55-63-73(6)61-53-45-22-18-14-10-4)91(92)118-94-88(107)84(103)82(101)76(115-94)71-111-78(97)65-57-49-42-40-46-54-62-72(5)60-52-44-21-17-13-9-3/h72-76,81-95,100-107H,7-71H2,1-6H3,(H,108,109). The fraction of sp³-hybridized carbons (Fsp3) is 0.957. The van der Waals surface area contributed by atoms with E-state index >= 15 is 0 Å². The SMILES string of the molecule is CCCCCCCCCCCCCCCCCCC(=O)OC(COC(=O)CCCCCCCCCCCCCCC)COP(=O)(O)OC1C(OC2OC(CO)C(O)C(O)C2O)C(O)C(O)C(OC(=O)CCCCCCCCC(C)CCCCCCCC)C1OC1OC(COC(=O)CCCCCCCCC(C)CCCCCCCC)C(O)C(O)C1O. The highest BCUT2D eigenvalue weighted by atomic mass is 31.2. The van der Waals surface area contributed by atoms with Gasteiger partial charge in [0.15, 0.2) is 24.8 Å². The second-order valence-electron chi connectivity index (χ2n) is 35.9. The third-order valence-electron chi connectivity index (χ3n) is 24.7. The van der Waals surface area contributed by atoms with Crippen LogP contribution in [-0.2, 0) is 70.7 Å². The van der Waals surface area contributed by atoms with Gasteiger partial charge in [0.2, 0.25) is 0 Å². The molecule has 25 nitrogen and oxygen atoms in total. The van der Waals surface area contributed by atoms with Gasteiger partial charge < -0.3 is 88.7 Å². The molecular weight excluding hydrogens is 1560 g/mol. The molecule has 3 fully saturated rings. The number of hydrogen-bond donors (Lipinski definition) is 10. The summed E-state index contributed by atoms with van der Waals surface area (Å²) in [4.78, 5) is 66.7. The maximum Gasteiger partial charge on any atom is 0.472 e. The van der Waals surface area contributed by atoms with E-state index in [-0.39, 0.29) is 25.7 Å². The Kier molecular flexibility index (Phi) is 66.4. The second kappa shape index (κ2) is 71.4. The van der Waals surface area contributed by atoms with Crippen LogP contribution in [0.25, 0.3) is 0 Å². The van der Waals surface area contributed by atoms with E-state index < -0.39 is 162 Å². The van der Waals surface area contributed by atoms with E-state index in [4.69, 9.17) is 46.9 Å². The van der Waals surface area contributed by atoms with Crippen molar-refractivity contribution in [2.24, 2.45) is 11.8 Å². The molecule has 2 heterocycles. The molecule has 2 saturated heterocycles. The quantitative estimate of drug-likeness (QED) is 0.0117. The number of carbonyl (C=O) groups excluding carboxylic acids is 4. The number of aliphatic hydroxyl groups is 9. The third kappa shape index (κ3) is 51.5. The van der Waals surface area contributed by atoms with Gasteiger partial charge in [0.05, 0.1) is 13.2 Å². The van der Waals surface area contributed by atoms with Crippen molar-refractivity contribution in [2.75, 3.05) is 26.4 Å². The smallest absolute Gasteiger partial charge is 0.463 e. The summed E-state index contributed by atoms with van der Waals surface area (Å²) < 4.78 is 73.7. The van der Waals surface area contributed by atoms with Crippen molar-refractivity contribution in [2.45, 2.75) is 537 Å². The minimum Gasteiger partial charge on any atom is -0.463 e. The molecule has 708 valence electrons. The zero-order chi connectivity index (χ0) is 87.8. The van der Waals surface area contributed by atoms with Gasteiger partial charge >= 0.3 is 31.7 Å². The molecule has 1 aliphatic carbocycles. The average molecular weight is 1740 g/mol. The Morgan fingerprint density at radius 2 is 0.625 bits per heavy atom. The van der Waals surface area contributed by atoms with Crippen LogP contribution in [0.3, 0.4) is 0 Å². The molecule has 26 heteroatoms. The largest absolute Gasteiger partial charge is 0.472 e. The Bertz CT molecular complexity index is 2520. The number of unbranched alkanes of at least 4 members (excludes halogenated alkanes) is 47. The van der Waals surface area contributed by atoms with Gasteiger partial charge in [0, 0.05) is 25.7 Å². The summed E-state index contributed by atoms with van der Waals surface area (Å²) in [5.74, 6) is -1.63. The van der Waals surface area contributed by atoms with Crippen LogP contribution in [0.2, 0.25) is 0 Å². The van der Waals surface area contributed by atoms with Gasteiger partial charge in [0.1, 0.15) is 92.6 Å². The predicted octanol–water partition coefficient (Wildman–Crippen LogP) is 18.7. The summed E-state index contributed by atoms with van der Waals surface area (Å²) in [6.45, 7) is 10.3. The van der Waals surface area contributed by atoms with E-state index in [1.54, 1.807) is 0 Å². The van der Waals surface area contributed by atoms with Crippen molar-refractivity contribution < 1.29 is 122 Å². The van der Waals surface area contributed by atoms with Gasteiger partial charge in [-0.2, -0.15) is 0 Å². The molecule has 0 aromatic carbocycles. The molecule has 3 rings (SSSR count). The lowest BCUT2D eigenvalue weighted by Crippen LogP contribution is -2.70. The molecule has 120 heavy (non-hydrogen) atoms. The number of phosphoric acid groups is 1. The maximum atomic E-state index is 14.9. The van der Waals surface area contributed by atoms with Gasteiger partial charge in [0.25, 0.3) is 0 Å². The van der Waals surface area contributed by atoms with Crippen LogP contribution in [0, 0.1) is 11.8 Å². The average Bonchev–Trinajstić information content (AvgIpc) is 0.754. The Labute approximate surface area is 725 Å². The maximum absolute atomic E-state index is 14.9. The minimum absolute atomic E-state index is 0.0167. The second-order valence-corrected chi connectivity index (χ2v) is 37.3. The predicted molar refractivity (Wildman–Crippen MR) is 467 cm³/mol. The first-order valence-corrected chi connectivity index (χ1v) is 50.5. The van der Waals surface area contributed by atoms with Crippen molar-refractivity contribution in [3.05, 3.63) is 0 Å². The van der Waals surface area contributed by atoms with Crippen LogP contribution in [0.5, 0.6) is 0 Å². The number of phosphoric ester groups is 1. The van der Waals surface area contributed by atoms with Gasteiger partial charge in [-0.05, 0) is 37.5 Å². The zero-order valence-electron chi connectivity index (χ0n) is 76.0. The van der Waals surface area contributed by atoms with E-state index in [1.807, 2.05) is 0 Å². The Hall–Kier alpha value is -2.53. The van der Waals surface area contributed by atoms with E-state index in [2.05, 4.69) is 41.5 Å². The highest BCUT2D eigenvalue weighted by Gasteiger charge is 2.60. The molecule has 1 saturated carbocycles. The summed E-state index contributed by atoms with van der Waals surface area (Å²) in [7, 11) is -5.81. The first kappa shape index (κ1) is 112. The topological polar surface area (TPSA) is 380 Å². The molecule has 20 unspecified atom stereocenters. The molecule has 0 radical (unpaired) electrons. The lowest BCUT2D eigenvalue weighted by molar-refractivity contribution is -0.360. The van der Waals surface area contributed by atoms with Crippen molar-refractivity contribution in [3.8, 4) is 0 Å². The van der Waals surface area contributed by atoms with Crippen LogP contribution in [0.4, 0.5) is 0 Å². The van der Waals surface area contributed by atoms with Crippen LogP contribution < -0.4 is 0 Å². The van der Waals surface area contributed by atoms with Crippen molar-refractivity contribution in [1.29, 1.82) is 0 Å². The first-order chi connectivity index (χ1) is 58.0. The Morgan fingerprint density at radius 3 is 0.992 bits per heavy atom. The molecule has 0 spiro atoms. The highest BCUT2D eigenvalue weighted by molar-refractivity contribution is 7.47. The Balaban J connectivity index is 1.92. The van der Waals surface area contributed by atoms with Crippen LogP contribution >= 0.6 is 7.82 Å². The van der Waals surface area contributed by atoms with E-state index in [1.165, 1.54) is 205 Å². The van der Waals surface area contributed by atoms with Crippen molar-refractivity contribution in [1.82, 2.24) is 0 Å². The fourth-order valence-corrected chi connectivity index (χ4v) is 17.7. The van der Waals surface area contributed by atoms with E-state index in [9.17, 15) is 74.6 Å². The number of hydrogen-bond acceptors (Lipinski definition) is 24. The minimum atomic E-state index is -5.81. The first-order valence-electron chi connectivity index (χ1n) is 49.1. The monoisotopic (exact) mass is 1740 g/mol. The molecule has 3 aliphatic rings. The number of esters is 4. The van der Waals surface area contributed by atoms with Gasteiger partial charge in [-0.15, -0.1) is 0 Å². The molecule has 0 bridgehead atoms. The lowest BCUT2D eigenvalue weighted by Gasteiger charge is -2.50. The molecule has 0 aromatic rings. The van der Waals surface area contributed by atoms with Gasteiger partial charge in [-0.1, -0.05) is 382 Å². The number of carbonyl (C=O) groups is 4. The fourth-order valence-electron chi connectivity index (χ4n) is 16.7.